The molecule has 3 N–H and O–H groups in total. The van der Waals surface area contributed by atoms with Crippen LogP contribution >= 0.6 is 11.8 Å². The quantitative estimate of drug-likeness (QED) is 0.738. The maximum absolute atomic E-state index is 7.38. The summed E-state index contributed by atoms with van der Waals surface area (Å²) in [4.78, 5) is 11.8. The zero-order valence-electron chi connectivity index (χ0n) is 17.1. The first-order valence-electron chi connectivity index (χ1n) is 9.94. The Morgan fingerprint density at radius 2 is 2.24 bits per heavy atom. The molecule has 1 saturated heterocycles. The fourth-order valence-electron chi connectivity index (χ4n) is 3.98. The number of nitrogens with one attached hydrogen (secondary N) is 1. The van der Waals surface area contributed by atoms with E-state index in [0.29, 0.717) is 35.8 Å². The van der Waals surface area contributed by atoms with Crippen LogP contribution in [0.5, 0.6) is 0 Å². The number of nitrogens with two attached hydrogens (primary N) is 1. The first kappa shape index (κ1) is 19.9. The number of anilines is 1. The summed E-state index contributed by atoms with van der Waals surface area (Å²) in [6.45, 7) is 8.85. The van der Waals surface area contributed by atoms with Crippen LogP contribution in [0, 0.1) is 11.3 Å². The van der Waals surface area contributed by atoms with Crippen molar-refractivity contribution in [3.63, 3.8) is 0 Å². The molecule has 2 aliphatic rings. The molecule has 29 heavy (non-hydrogen) atoms. The molecule has 2 unspecified atom stereocenters. The predicted octanol–water partition coefficient (Wildman–Crippen LogP) is 4.13. The maximum atomic E-state index is 7.38. The Bertz CT molecular complexity index is 1000. The van der Waals surface area contributed by atoms with Gasteiger partial charge in [0.25, 0.3) is 0 Å². The van der Waals surface area contributed by atoms with Gasteiger partial charge in [0, 0.05) is 29.6 Å². The summed E-state index contributed by atoms with van der Waals surface area (Å²) in [6.07, 6.45) is 4.54. The van der Waals surface area contributed by atoms with Gasteiger partial charge in [0.1, 0.15) is 17.0 Å². The van der Waals surface area contributed by atoms with Crippen molar-refractivity contribution in [1.29, 1.82) is 5.41 Å². The van der Waals surface area contributed by atoms with Gasteiger partial charge in [-0.2, -0.15) is 0 Å². The van der Waals surface area contributed by atoms with Gasteiger partial charge in [0.05, 0.1) is 25.0 Å². The molecule has 0 radical (unpaired) electrons. The molecule has 4 rings (SSSR count). The van der Waals surface area contributed by atoms with Crippen molar-refractivity contribution in [2.24, 2.45) is 11.7 Å². The number of ether oxygens (including phenoxy) is 1. The van der Waals surface area contributed by atoms with Crippen LogP contribution in [0.3, 0.4) is 0 Å². The molecule has 152 valence electrons. The van der Waals surface area contributed by atoms with Gasteiger partial charge in [-0.1, -0.05) is 12.5 Å². The van der Waals surface area contributed by atoms with Gasteiger partial charge in [-0.15, -0.1) is 11.8 Å². The summed E-state index contributed by atoms with van der Waals surface area (Å²) in [5.74, 6) is 1.39. The number of allylic oxidation sites excluding steroid dienone is 2. The van der Waals surface area contributed by atoms with Crippen molar-refractivity contribution in [1.82, 2.24) is 9.97 Å². The van der Waals surface area contributed by atoms with E-state index in [1.54, 1.807) is 12.3 Å². The molecule has 2 aromatic rings. The summed E-state index contributed by atoms with van der Waals surface area (Å²) < 4.78 is 5.63. The number of morpholine rings is 1. The molecule has 4 heterocycles. The molecular weight excluding hydrogens is 382 g/mol. The van der Waals surface area contributed by atoms with Gasteiger partial charge < -0.3 is 20.8 Å². The van der Waals surface area contributed by atoms with Crippen molar-refractivity contribution >= 4 is 40.4 Å². The summed E-state index contributed by atoms with van der Waals surface area (Å²) in [5, 5.41) is 11.1. The van der Waals surface area contributed by atoms with E-state index < -0.39 is 0 Å². The highest BCUT2D eigenvalue weighted by molar-refractivity contribution is 8.02. The van der Waals surface area contributed by atoms with Crippen LogP contribution in [-0.2, 0) is 4.74 Å². The molecule has 6 nitrogen and oxygen atoms in total. The largest absolute Gasteiger partial charge is 0.397 e. The zero-order chi connectivity index (χ0) is 20.5. The molecule has 0 bridgehead atoms. The van der Waals surface area contributed by atoms with Crippen LogP contribution in [0.25, 0.3) is 16.6 Å². The van der Waals surface area contributed by atoms with E-state index in [1.807, 2.05) is 17.8 Å². The zero-order valence-corrected chi connectivity index (χ0v) is 17.9. The third-order valence-electron chi connectivity index (χ3n) is 5.82. The Labute approximate surface area is 175 Å². The van der Waals surface area contributed by atoms with Gasteiger partial charge in [-0.3, -0.25) is 4.98 Å². The minimum absolute atomic E-state index is 0.254. The minimum Gasteiger partial charge on any atom is -0.397 e. The molecular formula is C22H27N5OS. The summed E-state index contributed by atoms with van der Waals surface area (Å²) in [6, 6.07) is 4.53. The maximum Gasteiger partial charge on any atom is 0.130 e. The van der Waals surface area contributed by atoms with Crippen LogP contribution < -0.4 is 10.6 Å². The number of rotatable bonds is 4. The molecule has 3 atom stereocenters. The van der Waals surface area contributed by atoms with E-state index in [-0.39, 0.29) is 6.04 Å². The number of hydrogen-bond acceptors (Lipinski definition) is 7. The van der Waals surface area contributed by atoms with E-state index in [1.165, 1.54) is 17.4 Å². The van der Waals surface area contributed by atoms with E-state index in [2.05, 4.69) is 42.1 Å². The van der Waals surface area contributed by atoms with Crippen LogP contribution in [0.2, 0.25) is 0 Å². The van der Waals surface area contributed by atoms with Crippen molar-refractivity contribution in [2.45, 2.75) is 32.1 Å². The highest BCUT2D eigenvalue weighted by Crippen LogP contribution is 2.49. The lowest BCUT2D eigenvalue weighted by molar-refractivity contribution is 0.0985. The molecule has 0 saturated carbocycles. The summed E-state index contributed by atoms with van der Waals surface area (Å²) >= 11 is 1.87. The predicted molar refractivity (Wildman–Crippen MR) is 121 cm³/mol. The number of pyridine rings is 2. The highest BCUT2D eigenvalue weighted by atomic mass is 32.2. The molecule has 0 aliphatic carbocycles. The Hall–Kier alpha value is -2.38. The molecule has 1 fully saturated rings. The monoisotopic (exact) mass is 409 g/mol. The van der Waals surface area contributed by atoms with Gasteiger partial charge >= 0.3 is 0 Å². The first-order chi connectivity index (χ1) is 14.0. The second-order valence-electron chi connectivity index (χ2n) is 7.74. The van der Waals surface area contributed by atoms with Crippen molar-refractivity contribution in [2.75, 3.05) is 24.7 Å². The van der Waals surface area contributed by atoms with E-state index in [9.17, 15) is 0 Å². The number of thioether (sulfide) groups is 1. The molecule has 0 aromatic carbocycles. The average molecular weight is 410 g/mol. The van der Waals surface area contributed by atoms with Gasteiger partial charge in [0.2, 0.25) is 0 Å². The molecule has 2 aromatic heterocycles. The fourth-order valence-corrected chi connectivity index (χ4v) is 5.35. The molecule has 0 spiro atoms. The molecule has 2 aliphatic heterocycles. The Kier molecular flexibility index (Phi) is 5.61. The van der Waals surface area contributed by atoms with Gasteiger partial charge in [-0.05, 0) is 48.9 Å². The van der Waals surface area contributed by atoms with Crippen molar-refractivity contribution < 1.29 is 4.74 Å². The van der Waals surface area contributed by atoms with E-state index in [0.717, 1.165) is 23.3 Å². The Balaban J connectivity index is 1.94. The SMILES string of the molecule is CC1=CSC(c2cc(N3CCOC[C@H]3C)nc3c(/C(N)=C/C=N)nccc23)C1C. The second kappa shape index (κ2) is 8.16. The Morgan fingerprint density at radius 1 is 1.41 bits per heavy atom. The highest BCUT2D eigenvalue weighted by Gasteiger charge is 2.30. The fraction of sp³-hybridized carbons (Fsp3) is 0.409. The lowest BCUT2D eigenvalue weighted by Gasteiger charge is -2.35. The van der Waals surface area contributed by atoms with Crippen molar-refractivity contribution in [3.05, 3.63) is 46.6 Å². The summed E-state index contributed by atoms with van der Waals surface area (Å²) in [5.41, 5.74) is 10.8. The van der Waals surface area contributed by atoms with E-state index >= 15 is 0 Å². The normalized spacial score (nSPS) is 25.3. The molecule has 7 heteroatoms. The lowest BCUT2D eigenvalue weighted by Crippen LogP contribution is -2.44. The van der Waals surface area contributed by atoms with Crippen molar-refractivity contribution in [3.8, 4) is 0 Å². The van der Waals surface area contributed by atoms with Gasteiger partial charge in [0.15, 0.2) is 0 Å². The third kappa shape index (κ3) is 3.65. The minimum atomic E-state index is 0.254. The topological polar surface area (TPSA) is 88.1 Å². The third-order valence-corrected chi connectivity index (χ3v) is 7.29. The average Bonchev–Trinajstić information content (AvgIpc) is 3.05. The molecule has 0 amide bonds. The lowest BCUT2D eigenvalue weighted by atomic mass is 9.93. The smallest absolute Gasteiger partial charge is 0.130 e. The van der Waals surface area contributed by atoms with E-state index in [4.69, 9.17) is 20.9 Å². The standard InChI is InChI=1S/C22H27N5OS/c1-13-12-29-22(15(13)3)17-10-19(27-8-9-28-11-14(27)2)26-20-16(17)5-7-25-21(20)18(24)4-6-23/h4-7,10,12,14-15,22-23H,8-9,11,24H2,1-3H3/b18-4-,23-6?/t14-,15?,22?/m1/s1. The van der Waals surface area contributed by atoms with Crippen LogP contribution in [-0.4, -0.2) is 42.0 Å². The number of aromatic nitrogens is 2. The van der Waals surface area contributed by atoms with Crippen LogP contribution in [0.1, 0.15) is 37.3 Å². The number of hydrogen-bond donors (Lipinski definition) is 2. The first-order valence-corrected chi connectivity index (χ1v) is 10.9. The van der Waals surface area contributed by atoms with Crippen LogP contribution in [0.4, 0.5) is 5.82 Å². The second-order valence-corrected chi connectivity index (χ2v) is 8.75. The Morgan fingerprint density at radius 3 is 2.93 bits per heavy atom. The van der Waals surface area contributed by atoms with Crippen LogP contribution in [0.15, 0.2) is 35.4 Å². The van der Waals surface area contributed by atoms with Gasteiger partial charge in [-0.25, -0.2) is 4.98 Å². The number of nitrogens with zero attached hydrogens (tertiary/aromatic N) is 3. The summed E-state index contributed by atoms with van der Waals surface area (Å²) in [7, 11) is 0. The number of fused-ring (bicyclic) bond motifs is 1.